The molecule has 0 radical (unpaired) electrons. The molecular formula is C21H22ClN3O2. The average Bonchev–Trinajstić information content (AvgIpc) is 3.14. The molecule has 0 saturated carbocycles. The summed E-state index contributed by atoms with van der Waals surface area (Å²) in [5.74, 6) is 1.37. The van der Waals surface area contributed by atoms with Gasteiger partial charge in [-0.25, -0.2) is 0 Å². The summed E-state index contributed by atoms with van der Waals surface area (Å²) in [5, 5.41) is 4.64. The minimum absolute atomic E-state index is 0.0129. The average molecular weight is 384 g/mol. The van der Waals surface area contributed by atoms with E-state index in [1.807, 2.05) is 47.4 Å². The van der Waals surface area contributed by atoms with Crippen molar-refractivity contribution >= 4 is 17.5 Å². The molecule has 3 aromatic rings. The molecule has 0 aliphatic carbocycles. The largest absolute Gasteiger partial charge is 0.339 e. The topological polar surface area (TPSA) is 59.2 Å². The molecule has 0 aliphatic rings. The van der Waals surface area contributed by atoms with Crippen molar-refractivity contribution in [3.05, 3.63) is 71.1 Å². The first-order valence-corrected chi connectivity index (χ1v) is 9.33. The van der Waals surface area contributed by atoms with Crippen LogP contribution in [0.5, 0.6) is 0 Å². The van der Waals surface area contributed by atoms with Crippen LogP contribution in [-0.4, -0.2) is 34.0 Å². The predicted molar refractivity (Wildman–Crippen MR) is 106 cm³/mol. The first kappa shape index (κ1) is 19.1. The Kier molecular flexibility index (Phi) is 6.24. The lowest BCUT2D eigenvalue weighted by atomic mass is 10.1. The molecule has 140 valence electrons. The van der Waals surface area contributed by atoms with E-state index in [1.54, 1.807) is 12.1 Å². The number of amides is 1. The van der Waals surface area contributed by atoms with Gasteiger partial charge in [0, 0.05) is 35.7 Å². The molecule has 1 amide bonds. The molecule has 0 atom stereocenters. The van der Waals surface area contributed by atoms with Crippen LogP contribution in [0.3, 0.4) is 0 Å². The van der Waals surface area contributed by atoms with Crippen molar-refractivity contribution in [3.63, 3.8) is 0 Å². The van der Waals surface area contributed by atoms with Crippen molar-refractivity contribution < 1.29 is 9.32 Å². The second-order valence-electron chi connectivity index (χ2n) is 6.78. The minimum Gasteiger partial charge on any atom is -0.339 e. The Bertz CT molecular complexity index is 893. The summed E-state index contributed by atoms with van der Waals surface area (Å²) in [6.07, 6.45) is 0.499. The molecule has 0 fully saturated rings. The number of carbonyl (C=O) groups excluding carboxylic acids is 1. The Hall–Kier alpha value is -2.66. The third-order valence-electron chi connectivity index (χ3n) is 4.04. The van der Waals surface area contributed by atoms with E-state index in [4.69, 9.17) is 16.1 Å². The van der Waals surface area contributed by atoms with Crippen LogP contribution < -0.4 is 0 Å². The van der Waals surface area contributed by atoms with Crippen molar-refractivity contribution in [1.82, 2.24) is 15.0 Å². The fourth-order valence-electron chi connectivity index (χ4n) is 2.81. The molecule has 0 spiro atoms. The van der Waals surface area contributed by atoms with E-state index < -0.39 is 0 Å². The lowest BCUT2D eigenvalue weighted by Crippen LogP contribution is -2.36. The summed E-state index contributed by atoms with van der Waals surface area (Å²) >= 11 is 6.02. The van der Waals surface area contributed by atoms with E-state index in [0.717, 1.165) is 5.56 Å². The van der Waals surface area contributed by atoms with Crippen LogP contribution in [0.15, 0.2) is 59.1 Å². The lowest BCUT2D eigenvalue weighted by molar-refractivity contribution is 0.0734. The molecule has 0 bridgehead atoms. The molecule has 27 heavy (non-hydrogen) atoms. The third kappa shape index (κ3) is 5.17. The maximum atomic E-state index is 12.8. The van der Waals surface area contributed by atoms with Crippen LogP contribution in [0.1, 0.15) is 30.1 Å². The van der Waals surface area contributed by atoms with Gasteiger partial charge in [-0.2, -0.15) is 4.98 Å². The van der Waals surface area contributed by atoms with Crippen LogP contribution >= 0.6 is 11.6 Å². The number of hydrogen-bond donors (Lipinski definition) is 0. The van der Waals surface area contributed by atoms with Crippen LogP contribution in [-0.2, 0) is 6.42 Å². The highest BCUT2D eigenvalue weighted by Crippen LogP contribution is 2.20. The first-order valence-electron chi connectivity index (χ1n) is 8.96. The summed E-state index contributed by atoms with van der Waals surface area (Å²) in [4.78, 5) is 19.1. The van der Waals surface area contributed by atoms with Gasteiger partial charge < -0.3 is 9.42 Å². The van der Waals surface area contributed by atoms with E-state index in [0.29, 0.717) is 47.7 Å². The molecule has 2 aromatic carbocycles. The number of carbonyl (C=O) groups is 1. The van der Waals surface area contributed by atoms with Gasteiger partial charge in [-0.15, -0.1) is 0 Å². The lowest BCUT2D eigenvalue weighted by Gasteiger charge is -2.24. The maximum absolute atomic E-state index is 12.8. The molecule has 6 heteroatoms. The zero-order valence-electron chi connectivity index (χ0n) is 15.4. The highest BCUT2D eigenvalue weighted by Gasteiger charge is 2.18. The predicted octanol–water partition coefficient (Wildman–Crippen LogP) is 4.73. The molecule has 1 aromatic heterocycles. The fourth-order valence-corrected chi connectivity index (χ4v) is 3.00. The summed E-state index contributed by atoms with van der Waals surface area (Å²) < 4.78 is 5.36. The van der Waals surface area contributed by atoms with Crippen LogP contribution in [0.2, 0.25) is 5.02 Å². The summed E-state index contributed by atoms with van der Waals surface area (Å²) in [6, 6.07) is 16.6. The standard InChI is InChI=1S/C21H22ClN3O2/c1-15(2)14-25(21(26)16-7-4-3-5-8-16)12-11-19-23-20(24-27-19)17-9-6-10-18(22)13-17/h3-10,13,15H,11-12,14H2,1-2H3. The van der Waals surface area contributed by atoms with Gasteiger partial charge in [0.2, 0.25) is 11.7 Å². The quantitative estimate of drug-likeness (QED) is 0.591. The smallest absolute Gasteiger partial charge is 0.253 e. The van der Waals surface area contributed by atoms with Crippen molar-refractivity contribution in [2.24, 2.45) is 5.92 Å². The van der Waals surface area contributed by atoms with Gasteiger partial charge in [-0.1, -0.05) is 60.9 Å². The van der Waals surface area contributed by atoms with E-state index in [-0.39, 0.29) is 5.91 Å². The number of benzene rings is 2. The van der Waals surface area contributed by atoms with E-state index >= 15 is 0 Å². The molecular weight excluding hydrogens is 362 g/mol. The Balaban J connectivity index is 1.69. The van der Waals surface area contributed by atoms with Gasteiger partial charge in [0.1, 0.15) is 0 Å². The summed E-state index contributed by atoms with van der Waals surface area (Å²) in [6.45, 7) is 5.37. The Morgan fingerprint density at radius 3 is 2.63 bits per heavy atom. The molecule has 0 aliphatic heterocycles. The number of nitrogens with zero attached hydrogens (tertiary/aromatic N) is 3. The third-order valence-corrected chi connectivity index (χ3v) is 4.28. The number of rotatable bonds is 7. The number of aromatic nitrogens is 2. The highest BCUT2D eigenvalue weighted by molar-refractivity contribution is 6.30. The van der Waals surface area contributed by atoms with E-state index in [1.165, 1.54) is 0 Å². The zero-order chi connectivity index (χ0) is 19.2. The van der Waals surface area contributed by atoms with Gasteiger partial charge in [0.25, 0.3) is 5.91 Å². The van der Waals surface area contributed by atoms with Crippen molar-refractivity contribution in [2.75, 3.05) is 13.1 Å². The molecule has 0 saturated heterocycles. The van der Waals surface area contributed by atoms with Gasteiger partial charge in [0.05, 0.1) is 0 Å². The summed E-state index contributed by atoms with van der Waals surface area (Å²) in [5.41, 5.74) is 1.49. The van der Waals surface area contributed by atoms with Crippen molar-refractivity contribution in [2.45, 2.75) is 20.3 Å². The monoisotopic (exact) mass is 383 g/mol. The molecule has 0 unspecified atom stereocenters. The maximum Gasteiger partial charge on any atom is 0.253 e. The number of hydrogen-bond acceptors (Lipinski definition) is 4. The van der Waals surface area contributed by atoms with Crippen LogP contribution in [0.4, 0.5) is 0 Å². The molecule has 1 heterocycles. The zero-order valence-corrected chi connectivity index (χ0v) is 16.2. The molecule has 5 nitrogen and oxygen atoms in total. The van der Waals surface area contributed by atoms with E-state index in [9.17, 15) is 4.79 Å². The van der Waals surface area contributed by atoms with Crippen LogP contribution in [0.25, 0.3) is 11.4 Å². The molecule has 3 rings (SSSR count). The second kappa shape index (κ2) is 8.82. The van der Waals surface area contributed by atoms with Crippen LogP contribution in [0, 0.1) is 5.92 Å². The number of halogens is 1. The Morgan fingerprint density at radius 1 is 1.15 bits per heavy atom. The molecule has 0 N–H and O–H groups in total. The normalized spacial score (nSPS) is 11.0. The Labute approximate surface area is 164 Å². The second-order valence-corrected chi connectivity index (χ2v) is 7.22. The SMILES string of the molecule is CC(C)CN(CCc1nc(-c2cccc(Cl)c2)no1)C(=O)c1ccccc1. The summed E-state index contributed by atoms with van der Waals surface area (Å²) in [7, 11) is 0. The van der Waals surface area contributed by atoms with E-state index in [2.05, 4.69) is 24.0 Å². The highest BCUT2D eigenvalue weighted by atomic mass is 35.5. The first-order chi connectivity index (χ1) is 13.0. The van der Waals surface area contributed by atoms with Gasteiger partial charge in [0.15, 0.2) is 0 Å². The van der Waals surface area contributed by atoms with Gasteiger partial charge in [-0.3, -0.25) is 4.79 Å². The van der Waals surface area contributed by atoms with Gasteiger partial charge in [-0.05, 0) is 30.2 Å². The fraction of sp³-hybridized carbons (Fsp3) is 0.286. The minimum atomic E-state index is 0.0129. The van der Waals surface area contributed by atoms with Crippen molar-refractivity contribution in [3.8, 4) is 11.4 Å². The van der Waals surface area contributed by atoms with Crippen molar-refractivity contribution in [1.29, 1.82) is 0 Å². The Morgan fingerprint density at radius 2 is 1.93 bits per heavy atom. The van der Waals surface area contributed by atoms with Gasteiger partial charge >= 0.3 is 0 Å².